The maximum atomic E-state index is 10.9. The first-order valence-electron chi connectivity index (χ1n) is 4.90. The Morgan fingerprint density at radius 2 is 2.08 bits per heavy atom. The minimum absolute atomic E-state index is 0.246. The summed E-state index contributed by atoms with van der Waals surface area (Å²) in [7, 11) is 0. The van der Waals surface area contributed by atoms with Crippen molar-refractivity contribution in [3.8, 4) is 0 Å². The lowest BCUT2D eigenvalue weighted by Crippen LogP contribution is -2.41. The topological polar surface area (TPSA) is 55.1 Å². The zero-order valence-corrected chi connectivity index (χ0v) is 9.18. The molecule has 1 atom stereocenters. The van der Waals surface area contributed by atoms with Gasteiger partial charge in [-0.15, -0.1) is 0 Å². The number of carbonyl (C=O) groups is 1. The Kier molecular flexibility index (Phi) is 4.99. The van der Waals surface area contributed by atoms with E-state index >= 15 is 0 Å². The van der Waals surface area contributed by atoms with Crippen LogP contribution in [0.2, 0.25) is 0 Å². The van der Waals surface area contributed by atoms with Gasteiger partial charge in [-0.3, -0.25) is 4.79 Å². The fourth-order valence-electron chi connectivity index (χ4n) is 0.863. The summed E-state index contributed by atoms with van der Waals surface area (Å²) >= 11 is 0. The van der Waals surface area contributed by atoms with Crippen LogP contribution in [0.3, 0.4) is 0 Å². The second-order valence-corrected chi connectivity index (χ2v) is 4.39. The van der Waals surface area contributed by atoms with Gasteiger partial charge in [-0.1, -0.05) is 20.3 Å². The molecule has 0 saturated carbocycles. The lowest BCUT2D eigenvalue weighted by Gasteiger charge is -2.21. The van der Waals surface area contributed by atoms with Gasteiger partial charge in [0.15, 0.2) is 0 Å². The van der Waals surface area contributed by atoms with E-state index in [0.717, 1.165) is 13.0 Å². The number of hydrogen-bond donors (Lipinski definition) is 2. The molecule has 0 saturated heterocycles. The van der Waals surface area contributed by atoms with Gasteiger partial charge in [-0.2, -0.15) is 0 Å². The maximum absolute atomic E-state index is 10.9. The van der Waals surface area contributed by atoms with Crippen molar-refractivity contribution in [2.24, 2.45) is 17.1 Å². The number of nitrogens with one attached hydrogen (secondary N) is 1. The summed E-state index contributed by atoms with van der Waals surface area (Å²) in [6.07, 6.45) is 1.16. The van der Waals surface area contributed by atoms with Gasteiger partial charge < -0.3 is 11.1 Å². The molecule has 1 amide bonds. The van der Waals surface area contributed by atoms with Crippen molar-refractivity contribution in [3.05, 3.63) is 0 Å². The van der Waals surface area contributed by atoms with Crippen LogP contribution < -0.4 is 11.1 Å². The SMILES string of the molecule is CCC(C)CNCC(C)(C)C(N)=O. The molecule has 0 heterocycles. The molecular formula is C10H22N2O. The smallest absolute Gasteiger partial charge is 0.224 e. The third-order valence-corrected chi connectivity index (χ3v) is 2.42. The van der Waals surface area contributed by atoms with Crippen LogP contribution >= 0.6 is 0 Å². The first-order chi connectivity index (χ1) is 5.90. The molecule has 0 aliphatic carbocycles. The Labute approximate surface area is 81.1 Å². The van der Waals surface area contributed by atoms with E-state index in [1.54, 1.807) is 0 Å². The summed E-state index contributed by atoms with van der Waals surface area (Å²) in [6.45, 7) is 9.67. The minimum Gasteiger partial charge on any atom is -0.369 e. The largest absolute Gasteiger partial charge is 0.369 e. The Morgan fingerprint density at radius 1 is 1.54 bits per heavy atom. The molecule has 0 aliphatic heterocycles. The highest BCUT2D eigenvalue weighted by molar-refractivity contribution is 5.80. The molecule has 0 spiro atoms. The van der Waals surface area contributed by atoms with Crippen molar-refractivity contribution >= 4 is 5.91 Å². The first kappa shape index (κ1) is 12.4. The predicted octanol–water partition coefficient (Wildman–Crippen LogP) is 1.13. The lowest BCUT2D eigenvalue weighted by molar-refractivity contribution is -0.125. The zero-order chi connectivity index (χ0) is 10.5. The van der Waals surface area contributed by atoms with Crippen LogP contribution in [0.5, 0.6) is 0 Å². The van der Waals surface area contributed by atoms with Crippen LogP contribution in [0.15, 0.2) is 0 Å². The van der Waals surface area contributed by atoms with E-state index in [1.165, 1.54) is 0 Å². The van der Waals surface area contributed by atoms with Gasteiger partial charge in [0.2, 0.25) is 5.91 Å². The fourth-order valence-corrected chi connectivity index (χ4v) is 0.863. The van der Waals surface area contributed by atoms with Crippen molar-refractivity contribution in [2.45, 2.75) is 34.1 Å². The molecule has 0 aromatic heterocycles. The number of primary amides is 1. The van der Waals surface area contributed by atoms with Crippen LogP contribution in [-0.4, -0.2) is 19.0 Å². The molecule has 0 aromatic carbocycles. The van der Waals surface area contributed by atoms with Crippen molar-refractivity contribution in [2.75, 3.05) is 13.1 Å². The average molecular weight is 186 g/mol. The Hall–Kier alpha value is -0.570. The molecule has 0 fully saturated rings. The van der Waals surface area contributed by atoms with Crippen LogP contribution in [0.1, 0.15) is 34.1 Å². The zero-order valence-electron chi connectivity index (χ0n) is 9.18. The standard InChI is InChI=1S/C10H22N2O/c1-5-8(2)6-12-7-10(3,4)9(11)13/h8,12H,5-7H2,1-4H3,(H2,11,13). The number of nitrogens with two attached hydrogens (primary N) is 1. The summed E-state index contributed by atoms with van der Waals surface area (Å²) < 4.78 is 0. The molecule has 0 aliphatic rings. The third-order valence-electron chi connectivity index (χ3n) is 2.42. The van der Waals surface area contributed by atoms with E-state index in [-0.39, 0.29) is 5.91 Å². The highest BCUT2D eigenvalue weighted by Gasteiger charge is 2.24. The van der Waals surface area contributed by atoms with E-state index in [4.69, 9.17) is 5.73 Å². The van der Waals surface area contributed by atoms with Crippen LogP contribution in [-0.2, 0) is 4.79 Å². The summed E-state index contributed by atoms with van der Waals surface area (Å²) in [5.41, 5.74) is 4.80. The van der Waals surface area contributed by atoms with Crippen LogP contribution in [0.4, 0.5) is 0 Å². The molecule has 3 N–H and O–H groups in total. The third kappa shape index (κ3) is 4.88. The van der Waals surface area contributed by atoms with Crippen molar-refractivity contribution < 1.29 is 4.79 Å². The Morgan fingerprint density at radius 3 is 2.46 bits per heavy atom. The van der Waals surface area contributed by atoms with E-state index in [0.29, 0.717) is 12.5 Å². The number of rotatable bonds is 6. The second-order valence-electron chi connectivity index (χ2n) is 4.39. The minimum atomic E-state index is -0.437. The van der Waals surface area contributed by atoms with Gasteiger partial charge in [-0.25, -0.2) is 0 Å². The predicted molar refractivity (Wildman–Crippen MR) is 55.3 cm³/mol. The highest BCUT2D eigenvalue weighted by atomic mass is 16.1. The van der Waals surface area contributed by atoms with Crippen molar-refractivity contribution in [3.63, 3.8) is 0 Å². The average Bonchev–Trinajstić information content (AvgIpc) is 2.03. The summed E-state index contributed by atoms with van der Waals surface area (Å²) in [4.78, 5) is 10.9. The molecule has 0 bridgehead atoms. The van der Waals surface area contributed by atoms with E-state index in [2.05, 4.69) is 19.2 Å². The number of amides is 1. The molecule has 0 aromatic rings. The van der Waals surface area contributed by atoms with E-state index in [1.807, 2.05) is 13.8 Å². The van der Waals surface area contributed by atoms with Gasteiger partial charge in [-0.05, 0) is 26.3 Å². The molecule has 13 heavy (non-hydrogen) atoms. The second kappa shape index (κ2) is 5.22. The Balaban J connectivity index is 3.70. The van der Waals surface area contributed by atoms with Gasteiger partial charge in [0.25, 0.3) is 0 Å². The fraction of sp³-hybridized carbons (Fsp3) is 0.900. The van der Waals surface area contributed by atoms with Gasteiger partial charge in [0, 0.05) is 6.54 Å². The Bertz CT molecular complexity index is 166. The van der Waals surface area contributed by atoms with Gasteiger partial charge in [0.1, 0.15) is 0 Å². The van der Waals surface area contributed by atoms with Crippen molar-refractivity contribution in [1.82, 2.24) is 5.32 Å². The van der Waals surface area contributed by atoms with Crippen LogP contribution in [0.25, 0.3) is 0 Å². The number of carbonyl (C=O) groups excluding carboxylic acids is 1. The van der Waals surface area contributed by atoms with Crippen molar-refractivity contribution in [1.29, 1.82) is 0 Å². The molecular weight excluding hydrogens is 164 g/mol. The van der Waals surface area contributed by atoms with E-state index < -0.39 is 5.41 Å². The molecule has 0 rings (SSSR count). The molecule has 78 valence electrons. The van der Waals surface area contributed by atoms with Gasteiger partial charge >= 0.3 is 0 Å². The quantitative estimate of drug-likeness (QED) is 0.653. The summed E-state index contributed by atoms with van der Waals surface area (Å²) in [5, 5.41) is 3.26. The lowest BCUT2D eigenvalue weighted by atomic mass is 9.92. The molecule has 1 unspecified atom stereocenters. The van der Waals surface area contributed by atoms with Gasteiger partial charge in [0.05, 0.1) is 5.41 Å². The monoisotopic (exact) mass is 186 g/mol. The summed E-state index contributed by atoms with van der Waals surface area (Å²) in [6, 6.07) is 0. The van der Waals surface area contributed by atoms with E-state index in [9.17, 15) is 4.79 Å². The molecule has 0 radical (unpaired) electrons. The van der Waals surface area contributed by atoms with Crippen LogP contribution in [0, 0.1) is 11.3 Å². The molecule has 3 nitrogen and oxygen atoms in total. The number of hydrogen-bond acceptors (Lipinski definition) is 2. The summed E-state index contributed by atoms with van der Waals surface area (Å²) in [5.74, 6) is 0.410. The highest BCUT2D eigenvalue weighted by Crippen LogP contribution is 2.12. The normalized spacial score (nSPS) is 14.2. The molecule has 3 heteroatoms. The maximum Gasteiger partial charge on any atom is 0.224 e. The first-order valence-corrected chi connectivity index (χ1v) is 4.90.